The zero-order valence-electron chi connectivity index (χ0n) is 13.5. The zero-order chi connectivity index (χ0) is 17.8. The van der Waals surface area contributed by atoms with Crippen LogP contribution in [0.1, 0.15) is 28.7 Å². The Bertz CT molecular complexity index is 908. The molecule has 1 atom stereocenters. The third kappa shape index (κ3) is 3.67. The van der Waals surface area contributed by atoms with Crippen molar-refractivity contribution in [3.63, 3.8) is 0 Å². The summed E-state index contributed by atoms with van der Waals surface area (Å²) in [5, 5.41) is 22.6. The molecule has 2 heterocycles. The number of aromatic nitrogens is 2. The summed E-state index contributed by atoms with van der Waals surface area (Å²) < 4.78 is 5.54. The first-order chi connectivity index (χ1) is 12.1. The first-order valence-corrected chi connectivity index (χ1v) is 7.65. The fraction of sp³-hybridized carbons (Fsp3) is 0.167. The predicted octanol–water partition coefficient (Wildman–Crippen LogP) is 2.14. The van der Waals surface area contributed by atoms with E-state index in [9.17, 15) is 15.0 Å². The summed E-state index contributed by atoms with van der Waals surface area (Å²) in [4.78, 5) is 20.2. The van der Waals surface area contributed by atoms with Crippen LogP contribution in [-0.2, 0) is 6.61 Å². The van der Waals surface area contributed by atoms with Crippen molar-refractivity contribution in [1.29, 1.82) is 0 Å². The van der Waals surface area contributed by atoms with Gasteiger partial charge in [0, 0.05) is 18.5 Å². The molecule has 0 aliphatic heterocycles. The largest absolute Gasteiger partial charge is 0.502 e. The van der Waals surface area contributed by atoms with E-state index < -0.39 is 23.8 Å². The fourth-order valence-corrected chi connectivity index (χ4v) is 2.39. The average Bonchev–Trinajstić information content (AvgIpc) is 2.64. The Morgan fingerprint density at radius 2 is 1.88 bits per heavy atom. The molecule has 3 N–H and O–H groups in total. The lowest BCUT2D eigenvalue weighted by Crippen LogP contribution is -2.17. The van der Waals surface area contributed by atoms with Gasteiger partial charge in [-0.15, -0.1) is 0 Å². The molecule has 0 radical (unpaired) electrons. The molecular formula is C18H17N3O4. The third-order valence-corrected chi connectivity index (χ3v) is 3.67. The summed E-state index contributed by atoms with van der Waals surface area (Å²) in [6, 6.07) is 9.53. The Morgan fingerprint density at radius 3 is 2.52 bits per heavy atom. The lowest BCUT2D eigenvalue weighted by Gasteiger charge is -2.19. The minimum Gasteiger partial charge on any atom is -0.502 e. The van der Waals surface area contributed by atoms with Crippen LogP contribution in [0.3, 0.4) is 0 Å². The molecule has 0 amide bonds. The van der Waals surface area contributed by atoms with Gasteiger partial charge < -0.3 is 19.9 Å². The van der Waals surface area contributed by atoms with Gasteiger partial charge >= 0.3 is 0 Å². The highest BCUT2D eigenvalue weighted by atomic mass is 16.4. The Balaban J connectivity index is 2.12. The second-order valence-corrected chi connectivity index (χ2v) is 5.51. The first kappa shape index (κ1) is 16.7. The van der Waals surface area contributed by atoms with Gasteiger partial charge in [-0.2, -0.15) is 0 Å². The van der Waals surface area contributed by atoms with Crippen LogP contribution in [0.5, 0.6) is 5.75 Å². The molecule has 1 aromatic carbocycles. The third-order valence-electron chi connectivity index (χ3n) is 3.67. The van der Waals surface area contributed by atoms with E-state index >= 15 is 0 Å². The molecular weight excluding hydrogens is 322 g/mol. The van der Waals surface area contributed by atoms with Crippen LogP contribution in [-0.4, -0.2) is 20.2 Å². The monoisotopic (exact) mass is 339 g/mol. The molecule has 128 valence electrons. The van der Waals surface area contributed by atoms with Crippen LogP contribution >= 0.6 is 0 Å². The summed E-state index contributed by atoms with van der Waals surface area (Å²) in [5.74, 6) is -0.158. The normalized spacial score (nSPS) is 11.9. The summed E-state index contributed by atoms with van der Waals surface area (Å²) in [7, 11) is 0. The van der Waals surface area contributed by atoms with E-state index in [2.05, 4.69) is 15.3 Å². The molecule has 7 nitrogen and oxygen atoms in total. The number of hydrogen-bond donors (Lipinski definition) is 3. The van der Waals surface area contributed by atoms with Crippen LogP contribution in [0, 0.1) is 6.92 Å². The van der Waals surface area contributed by atoms with Crippen LogP contribution in [0.15, 0.2) is 58.0 Å². The molecule has 0 fully saturated rings. The smallest absolute Gasteiger partial charge is 0.227 e. The quantitative estimate of drug-likeness (QED) is 0.653. The molecule has 7 heteroatoms. The Labute approximate surface area is 143 Å². The summed E-state index contributed by atoms with van der Waals surface area (Å²) >= 11 is 0. The van der Waals surface area contributed by atoms with Crippen molar-refractivity contribution in [1.82, 2.24) is 9.97 Å². The van der Waals surface area contributed by atoms with Crippen molar-refractivity contribution >= 4 is 5.95 Å². The molecule has 0 saturated carbocycles. The molecule has 1 unspecified atom stereocenters. The summed E-state index contributed by atoms with van der Waals surface area (Å²) in [5.41, 5.74) is 1.18. The van der Waals surface area contributed by atoms with Crippen molar-refractivity contribution in [2.24, 2.45) is 0 Å². The van der Waals surface area contributed by atoms with Crippen molar-refractivity contribution in [3.05, 3.63) is 81.7 Å². The first-order valence-electron chi connectivity index (χ1n) is 7.65. The second-order valence-electron chi connectivity index (χ2n) is 5.51. The van der Waals surface area contributed by atoms with Crippen LogP contribution in [0.25, 0.3) is 0 Å². The number of anilines is 1. The maximum absolute atomic E-state index is 12.0. The molecule has 3 aromatic rings. The molecule has 25 heavy (non-hydrogen) atoms. The van der Waals surface area contributed by atoms with Gasteiger partial charge in [0.05, 0.1) is 0 Å². The summed E-state index contributed by atoms with van der Waals surface area (Å²) in [6.45, 7) is 1.50. The number of rotatable bonds is 5. The number of aryl methyl sites for hydroxylation is 1. The van der Waals surface area contributed by atoms with E-state index in [1.54, 1.807) is 18.5 Å². The van der Waals surface area contributed by atoms with E-state index in [0.717, 1.165) is 17.2 Å². The number of aliphatic hydroxyl groups is 1. The Kier molecular flexibility index (Phi) is 4.76. The van der Waals surface area contributed by atoms with Crippen LogP contribution in [0.2, 0.25) is 0 Å². The second kappa shape index (κ2) is 7.14. The highest BCUT2D eigenvalue weighted by Gasteiger charge is 2.24. The van der Waals surface area contributed by atoms with Gasteiger partial charge in [-0.3, -0.25) is 4.79 Å². The van der Waals surface area contributed by atoms with E-state index in [1.807, 2.05) is 31.2 Å². The SMILES string of the molecule is Cc1ccc(C(Nc2ncccn2)c2oc(CO)cc(=O)c2O)cc1. The highest BCUT2D eigenvalue weighted by molar-refractivity contribution is 5.42. The highest BCUT2D eigenvalue weighted by Crippen LogP contribution is 2.30. The van der Waals surface area contributed by atoms with E-state index in [-0.39, 0.29) is 11.5 Å². The number of hydrogen-bond acceptors (Lipinski definition) is 7. The van der Waals surface area contributed by atoms with Crippen molar-refractivity contribution in [2.45, 2.75) is 19.6 Å². The number of nitrogens with zero attached hydrogens (tertiary/aromatic N) is 2. The maximum Gasteiger partial charge on any atom is 0.227 e. The van der Waals surface area contributed by atoms with E-state index in [4.69, 9.17) is 4.42 Å². The zero-order valence-corrected chi connectivity index (χ0v) is 13.5. The Morgan fingerprint density at radius 1 is 1.20 bits per heavy atom. The maximum atomic E-state index is 12.0. The standard InChI is InChI=1S/C18H17N3O4/c1-11-3-5-12(6-4-11)15(21-18-19-7-2-8-20-18)17-16(24)14(23)9-13(10-22)25-17/h2-9,15,22,24H,10H2,1H3,(H,19,20,21). The lowest BCUT2D eigenvalue weighted by atomic mass is 10.0. The number of benzene rings is 1. The van der Waals surface area contributed by atoms with Gasteiger partial charge in [0.25, 0.3) is 0 Å². The van der Waals surface area contributed by atoms with Gasteiger partial charge in [0.2, 0.25) is 17.1 Å². The molecule has 0 aliphatic carbocycles. The molecule has 0 bridgehead atoms. The molecule has 3 rings (SSSR count). The van der Waals surface area contributed by atoms with Crippen LogP contribution in [0.4, 0.5) is 5.95 Å². The molecule has 0 saturated heterocycles. The predicted molar refractivity (Wildman–Crippen MR) is 91.2 cm³/mol. The topological polar surface area (TPSA) is 108 Å². The average molecular weight is 339 g/mol. The number of aromatic hydroxyl groups is 1. The number of aliphatic hydroxyl groups excluding tert-OH is 1. The number of nitrogens with one attached hydrogen (secondary N) is 1. The van der Waals surface area contributed by atoms with Crippen molar-refractivity contribution < 1.29 is 14.6 Å². The minimum absolute atomic E-state index is 0.00661. The van der Waals surface area contributed by atoms with Crippen LogP contribution < -0.4 is 10.7 Å². The minimum atomic E-state index is -0.706. The molecule has 0 aliphatic rings. The molecule has 2 aromatic heterocycles. The van der Waals surface area contributed by atoms with Gasteiger partial charge in [0.1, 0.15) is 18.4 Å². The van der Waals surface area contributed by atoms with E-state index in [0.29, 0.717) is 5.95 Å². The van der Waals surface area contributed by atoms with Crippen molar-refractivity contribution in [3.8, 4) is 5.75 Å². The van der Waals surface area contributed by atoms with Crippen molar-refractivity contribution in [2.75, 3.05) is 5.32 Å². The Hall–Kier alpha value is -3.19. The van der Waals surface area contributed by atoms with E-state index in [1.165, 1.54) is 0 Å². The van der Waals surface area contributed by atoms with Gasteiger partial charge in [-0.25, -0.2) is 9.97 Å². The van der Waals surface area contributed by atoms with Gasteiger partial charge in [-0.05, 0) is 18.6 Å². The molecule has 0 spiro atoms. The fourth-order valence-electron chi connectivity index (χ4n) is 2.39. The van der Waals surface area contributed by atoms with Gasteiger partial charge in [0.15, 0.2) is 5.76 Å². The van der Waals surface area contributed by atoms with Gasteiger partial charge in [-0.1, -0.05) is 29.8 Å². The lowest BCUT2D eigenvalue weighted by molar-refractivity contribution is 0.234. The summed E-state index contributed by atoms with van der Waals surface area (Å²) in [6.07, 6.45) is 3.14.